The smallest absolute Gasteiger partial charge is 0.133 e. The van der Waals surface area contributed by atoms with Crippen LogP contribution < -0.4 is 0 Å². The van der Waals surface area contributed by atoms with Crippen LogP contribution in [0.5, 0.6) is 0 Å². The van der Waals surface area contributed by atoms with Crippen LogP contribution in [-0.4, -0.2) is 35.8 Å². The van der Waals surface area contributed by atoms with E-state index in [2.05, 4.69) is 81.4 Å². The largest absolute Gasteiger partial charge is 0.354 e. The van der Waals surface area contributed by atoms with Gasteiger partial charge in [0.2, 0.25) is 0 Å². The van der Waals surface area contributed by atoms with E-state index in [0.717, 1.165) is 50.6 Å². The number of hydrogen-bond donors (Lipinski definition) is 1. The lowest BCUT2D eigenvalue weighted by molar-refractivity contribution is -0.109. The third kappa shape index (κ3) is 5.50. The lowest BCUT2D eigenvalue weighted by Gasteiger charge is -2.30. The molecule has 3 heteroatoms. The minimum Gasteiger partial charge on any atom is -0.354 e. The van der Waals surface area contributed by atoms with Gasteiger partial charge in [-0.25, -0.2) is 0 Å². The first-order valence-electron chi connectivity index (χ1n) is 12.2. The third-order valence-electron chi connectivity index (χ3n) is 7.14. The maximum absolute atomic E-state index is 10.8. The van der Waals surface area contributed by atoms with Crippen LogP contribution in [0.15, 0.2) is 48.1 Å². The van der Waals surface area contributed by atoms with Gasteiger partial charge in [0.05, 0.1) is 6.54 Å². The number of nitrogens with one attached hydrogen (secondary N) is 1. The van der Waals surface area contributed by atoms with Crippen molar-refractivity contribution in [1.29, 1.82) is 0 Å². The van der Waals surface area contributed by atoms with E-state index in [1.54, 1.807) is 0 Å². The fourth-order valence-corrected chi connectivity index (χ4v) is 4.85. The van der Waals surface area contributed by atoms with Crippen molar-refractivity contribution < 1.29 is 4.79 Å². The van der Waals surface area contributed by atoms with Gasteiger partial charge in [0, 0.05) is 16.6 Å². The van der Waals surface area contributed by atoms with Crippen molar-refractivity contribution in [2.45, 2.75) is 66.2 Å². The van der Waals surface area contributed by atoms with E-state index in [4.69, 9.17) is 0 Å². The highest BCUT2D eigenvalue weighted by molar-refractivity contribution is 5.92. The predicted molar refractivity (Wildman–Crippen MR) is 138 cm³/mol. The van der Waals surface area contributed by atoms with Crippen LogP contribution in [0.25, 0.3) is 16.5 Å². The Morgan fingerprint density at radius 2 is 1.94 bits per heavy atom. The Bertz CT molecular complexity index is 1020. The molecule has 1 N–H and O–H groups in total. The quantitative estimate of drug-likeness (QED) is 0.340. The van der Waals surface area contributed by atoms with Gasteiger partial charge in [-0.2, -0.15) is 0 Å². The molecule has 0 saturated carbocycles. The standard InChI is InChI=1S/C29H40N2O/c1-7-21(5)22(6)18-25(17-20(3)4)29-26(8-2)27-19-24(9-10-28(27)30-29)23-11-13-31(14-12-23)15-16-32/h9-10,16-19,21,23,30H,3,7-8,11-15H2,1-2,4-6H3/b22-18-,25-17+. The number of aromatic nitrogens is 1. The van der Waals surface area contributed by atoms with Crippen LogP contribution in [0.2, 0.25) is 0 Å². The van der Waals surface area contributed by atoms with Crippen LogP contribution in [0.3, 0.4) is 0 Å². The number of allylic oxidation sites excluding steroid dienone is 5. The summed E-state index contributed by atoms with van der Waals surface area (Å²) in [5, 5.41) is 1.34. The summed E-state index contributed by atoms with van der Waals surface area (Å²) in [6.07, 6.45) is 9.95. The normalized spacial score (nSPS) is 17.7. The molecule has 1 saturated heterocycles. The van der Waals surface area contributed by atoms with Crippen LogP contribution >= 0.6 is 0 Å². The summed E-state index contributed by atoms with van der Waals surface area (Å²) in [6.45, 7) is 17.8. The second kappa shape index (κ2) is 11.0. The lowest BCUT2D eigenvalue weighted by atomic mass is 9.88. The number of hydrogen-bond acceptors (Lipinski definition) is 2. The van der Waals surface area contributed by atoms with Crippen molar-refractivity contribution >= 4 is 22.8 Å². The van der Waals surface area contributed by atoms with Crippen LogP contribution in [-0.2, 0) is 11.2 Å². The second-order valence-corrected chi connectivity index (χ2v) is 9.52. The van der Waals surface area contributed by atoms with Crippen molar-refractivity contribution in [1.82, 2.24) is 9.88 Å². The fourth-order valence-electron chi connectivity index (χ4n) is 4.85. The molecule has 0 amide bonds. The van der Waals surface area contributed by atoms with Crippen LogP contribution in [0.1, 0.15) is 76.6 Å². The zero-order valence-corrected chi connectivity index (χ0v) is 20.6. The van der Waals surface area contributed by atoms with E-state index in [9.17, 15) is 4.79 Å². The second-order valence-electron chi connectivity index (χ2n) is 9.52. The number of carbonyl (C=O) groups is 1. The minimum atomic E-state index is 0.564. The monoisotopic (exact) mass is 432 g/mol. The molecular weight excluding hydrogens is 392 g/mol. The molecule has 0 radical (unpaired) electrons. The summed E-state index contributed by atoms with van der Waals surface area (Å²) >= 11 is 0. The number of aldehydes is 1. The van der Waals surface area contributed by atoms with Crippen molar-refractivity contribution in [2.75, 3.05) is 19.6 Å². The number of aryl methyl sites for hydroxylation is 1. The Hall–Kier alpha value is -2.39. The van der Waals surface area contributed by atoms with E-state index in [1.807, 2.05) is 0 Å². The van der Waals surface area contributed by atoms with Gasteiger partial charge in [-0.3, -0.25) is 4.90 Å². The van der Waals surface area contributed by atoms with Gasteiger partial charge in [-0.15, -0.1) is 0 Å². The Morgan fingerprint density at radius 3 is 2.53 bits per heavy atom. The topological polar surface area (TPSA) is 36.1 Å². The molecule has 1 unspecified atom stereocenters. The fraction of sp³-hybridized carbons (Fsp3) is 0.483. The molecule has 172 valence electrons. The van der Waals surface area contributed by atoms with Gasteiger partial charge >= 0.3 is 0 Å². The van der Waals surface area contributed by atoms with Gasteiger partial charge in [-0.1, -0.05) is 56.7 Å². The predicted octanol–water partition coefficient (Wildman–Crippen LogP) is 7.06. The molecule has 2 heterocycles. The highest BCUT2D eigenvalue weighted by atomic mass is 16.1. The molecule has 32 heavy (non-hydrogen) atoms. The molecule has 3 rings (SSSR count). The molecule has 1 aliphatic rings. The first-order valence-corrected chi connectivity index (χ1v) is 12.2. The van der Waals surface area contributed by atoms with Crippen molar-refractivity contribution in [3.8, 4) is 0 Å². The number of rotatable bonds is 9. The highest BCUT2D eigenvalue weighted by Crippen LogP contribution is 2.35. The molecule has 1 aromatic heterocycles. The summed E-state index contributed by atoms with van der Waals surface area (Å²) in [5.74, 6) is 1.14. The summed E-state index contributed by atoms with van der Waals surface area (Å²) in [7, 11) is 0. The Morgan fingerprint density at radius 1 is 1.22 bits per heavy atom. The highest BCUT2D eigenvalue weighted by Gasteiger charge is 2.22. The molecule has 1 aromatic carbocycles. The molecule has 0 spiro atoms. The van der Waals surface area contributed by atoms with Gasteiger partial charge in [-0.05, 0) is 93.3 Å². The number of H-pyrrole nitrogens is 1. The summed E-state index contributed by atoms with van der Waals surface area (Å²) < 4.78 is 0. The first-order chi connectivity index (χ1) is 15.4. The zero-order chi connectivity index (χ0) is 23.3. The molecule has 2 aromatic rings. The third-order valence-corrected chi connectivity index (χ3v) is 7.14. The summed E-state index contributed by atoms with van der Waals surface area (Å²) in [5.41, 5.74) is 8.96. The van der Waals surface area contributed by atoms with Gasteiger partial charge in [0.1, 0.15) is 6.29 Å². The SMILES string of the molecule is C=C(C)/C=C(\C=C(\C)C(C)CC)c1[nH]c2ccc(C3CCN(CC=O)CC3)cc2c1CC. The van der Waals surface area contributed by atoms with Crippen LogP contribution in [0, 0.1) is 5.92 Å². The van der Waals surface area contributed by atoms with E-state index in [1.165, 1.54) is 38.9 Å². The maximum Gasteiger partial charge on any atom is 0.133 e. The zero-order valence-electron chi connectivity index (χ0n) is 20.6. The molecule has 1 atom stereocenters. The van der Waals surface area contributed by atoms with Gasteiger partial charge < -0.3 is 9.78 Å². The Kier molecular flexibility index (Phi) is 8.31. The summed E-state index contributed by atoms with van der Waals surface area (Å²) in [4.78, 5) is 16.8. The maximum atomic E-state index is 10.8. The molecule has 1 fully saturated rings. The molecule has 0 bridgehead atoms. The average Bonchev–Trinajstić information content (AvgIpc) is 3.16. The molecular formula is C29H40N2O. The summed E-state index contributed by atoms with van der Waals surface area (Å²) in [6, 6.07) is 6.97. The number of likely N-dealkylation sites (tertiary alicyclic amines) is 1. The number of nitrogens with zero attached hydrogens (tertiary/aromatic N) is 1. The number of benzene rings is 1. The van der Waals surface area contributed by atoms with E-state index >= 15 is 0 Å². The van der Waals surface area contributed by atoms with Crippen molar-refractivity contribution in [2.24, 2.45) is 5.92 Å². The minimum absolute atomic E-state index is 0.564. The number of aromatic amines is 1. The van der Waals surface area contributed by atoms with Crippen molar-refractivity contribution in [3.63, 3.8) is 0 Å². The lowest BCUT2D eigenvalue weighted by Crippen LogP contribution is -2.34. The van der Waals surface area contributed by atoms with E-state index in [0.29, 0.717) is 18.4 Å². The Labute approximate surface area is 194 Å². The molecule has 3 nitrogen and oxygen atoms in total. The molecule has 1 aliphatic heterocycles. The van der Waals surface area contributed by atoms with Crippen LogP contribution in [0.4, 0.5) is 0 Å². The van der Waals surface area contributed by atoms with Crippen molar-refractivity contribution in [3.05, 3.63) is 64.9 Å². The Balaban J connectivity index is 1.99. The van der Waals surface area contributed by atoms with E-state index < -0.39 is 0 Å². The average molecular weight is 433 g/mol. The molecule has 0 aliphatic carbocycles. The number of piperidine rings is 1. The van der Waals surface area contributed by atoms with Gasteiger partial charge in [0.25, 0.3) is 0 Å². The van der Waals surface area contributed by atoms with E-state index in [-0.39, 0.29) is 0 Å². The first kappa shape index (κ1) is 24.3. The number of fused-ring (bicyclic) bond motifs is 1. The van der Waals surface area contributed by atoms with Gasteiger partial charge in [0.15, 0.2) is 0 Å². The number of carbonyl (C=O) groups excluding carboxylic acids is 1.